The summed E-state index contributed by atoms with van der Waals surface area (Å²) in [6.07, 6.45) is 1.97. The van der Waals surface area contributed by atoms with Crippen LogP contribution < -0.4 is 10.6 Å². The van der Waals surface area contributed by atoms with Crippen molar-refractivity contribution in [3.8, 4) is 0 Å². The Bertz CT molecular complexity index is 532. The quantitative estimate of drug-likeness (QED) is 0.597. The van der Waals surface area contributed by atoms with E-state index in [1.807, 2.05) is 27.0 Å². The minimum Gasteiger partial charge on any atom is -0.380 e. The molecule has 0 aromatic heterocycles. The summed E-state index contributed by atoms with van der Waals surface area (Å²) in [6.45, 7) is 6.97. The first kappa shape index (κ1) is 17.3. The van der Waals surface area contributed by atoms with Crippen LogP contribution in [0.5, 0.6) is 0 Å². The molecule has 116 valence electrons. The minimum absolute atomic E-state index is 0.0781. The number of nitro groups is 1. The summed E-state index contributed by atoms with van der Waals surface area (Å²) in [5.41, 5.74) is 0.623. The summed E-state index contributed by atoms with van der Waals surface area (Å²) in [5.74, 6) is -0.303. The van der Waals surface area contributed by atoms with E-state index in [-0.39, 0.29) is 16.3 Å². The Balaban J connectivity index is 2.91. The number of thioether (sulfide) groups is 1. The lowest BCUT2D eigenvalue weighted by molar-refractivity contribution is -0.384. The third-order valence-electron chi connectivity index (χ3n) is 3.05. The van der Waals surface area contributed by atoms with Crippen molar-refractivity contribution in [1.29, 1.82) is 0 Å². The molecule has 1 amide bonds. The number of nitrogens with zero attached hydrogens (tertiary/aromatic N) is 1. The third kappa shape index (κ3) is 4.93. The molecule has 0 aliphatic rings. The number of nitro benzene ring substituents is 1. The van der Waals surface area contributed by atoms with Gasteiger partial charge in [0, 0.05) is 29.5 Å². The Hall–Kier alpha value is -1.76. The number of hydrogen-bond donors (Lipinski definition) is 2. The molecule has 1 rings (SSSR count). The molecule has 0 unspecified atom stereocenters. The van der Waals surface area contributed by atoms with Gasteiger partial charge < -0.3 is 10.6 Å². The highest BCUT2D eigenvalue weighted by Gasteiger charge is 2.20. The van der Waals surface area contributed by atoms with E-state index in [1.165, 1.54) is 6.07 Å². The third-order valence-corrected chi connectivity index (χ3v) is 4.30. The molecule has 2 N–H and O–H groups in total. The molecule has 0 saturated carbocycles. The van der Waals surface area contributed by atoms with Gasteiger partial charge in [-0.15, -0.1) is 0 Å². The van der Waals surface area contributed by atoms with Crippen LogP contribution in [0.1, 0.15) is 31.1 Å². The van der Waals surface area contributed by atoms with Crippen molar-refractivity contribution in [2.24, 2.45) is 0 Å². The molecule has 1 aromatic carbocycles. The summed E-state index contributed by atoms with van der Waals surface area (Å²) >= 11 is 1.65. The van der Waals surface area contributed by atoms with Gasteiger partial charge in [-0.2, -0.15) is 11.8 Å². The van der Waals surface area contributed by atoms with Crippen LogP contribution in [0.2, 0.25) is 0 Å². The van der Waals surface area contributed by atoms with Gasteiger partial charge in [0.15, 0.2) is 0 Å². The van der Waals surface area contributed by atoms with E-state index in [9.17, 15) is 14.9 Å². The van der Waals surface area contributed by atoms with Crippen molar-refractivity contribution in [2.45, 2.75) is 25.5 Å². The Morgan fingerprint density at radius 3 is 2.62 bits per heavy atom. The predicted octanol–water partition coefficient (Wildman–Crippen LogP) is 2.90. The fourth-order valence-electron chi connectivity index (χ4n) is 1.63. The highest BCUT2D eigenvalue weighted by Crippen LogP contribution is 2.25. The second kappa shape index (κ2) is 7.31. The van der Waals surface area contributed by atoms with Crippen molar-refractivity contribution in [2.75, 3.05) is 24.7 Å². The maximum atomic E-state index is 12.1. The van der Waals surface area contributed by atoms with E-state index in [2.05, 4.69) is 10.6 Å². The largest absolute Gasteiger partial charge is 0.380 e. The molecule has 0 spiro atoms. The Labute approximate surface area is 128 Å². The predicted molar refractivity (Wildman–Crippen MR) is 87.2 cm³/mol. The first-order valence-corrected chi connectivity index (χ1v) is 7.89. The lowest BCUT2D eigenvalue weighted by Gasteiger charge is -2.22. The molecular weight excluding hydrogens is 290 g/mol. The SMILES string of the molecule is CCNc1ccc(C(=O)NCC(C)(C)SC)cc1[N+](=O)[O-]. The summed E-state index contributed by atoms with van der Waals surface area (Å²) in [7, 11) is 0. The fraction of sp³-hybridized carbons (Fsp3) is 0.500. The van der Waals surface area contributed by atoms with Crippen LogP contribution in [0.25, 0.3) is 0 Å². The van der Waals surface area contributed by atoms with E-state index in [0.717, 1.165) is 0 Å². The summed E-state index contributed by atoms with van der Waals surface area (Å²) < 4.78 is -0.0781. The van der Waals surface area contributed by atoms with Crippen molar-refractivity contribution >= 4 is 29.0 Å². The lowest BCUT2D eigenvalue weighted by atomic mass is 10.1. The fourth-order valence-corrected chi connectivity index (χ4v) is 1.85. The number of carbonyl (C=O) groups is 1. The summed E-state index contributed by atoms with van der Waals surface area (Å²) in [5, 5.41) is 16.8. The number of amides is 1. The van der Waals surface area contributed by atoms with Crippen molar-refractivity contribution in [3.05, 3.63) is 33.9 Å². The van der Waals surface area contributed by atoms with E-state index in [0.29, 0.717) is 24.3 Å². The van der Waals surface area contributed by atoms with Crippen molar-refractivity contribution in [3.63, 3.8) is 0 Å². The van der Waals surface area contributed by atoms with Crippen LogP contribution in [0.3, 0.4) is 0 Å². The molecule has 7 heteroatoms. The van der Waals surface area contributed by atoms with E-state index in [4.69, 9.17) is 0 Å². The van der Waals surface area contributed by atoms with Gasteiger partial charge in [0.25, 0.3) is 11.6 Å². The molecule has 6 nitrogen and oxygen atoms in total. The molecule has 0 aliphatic heterocycles. The zero-order chi connectivity index (χ0) is 16.0. The summed E-state index contributed by atoms with van der Waals surface area (Å²) in [6, 6.07) is 4.46. The zero-order valence-electron chi connectivity index (χ0n) is 12.7. The van der Waals surface area contributed by atoms with Crippen LogP contribution in [0.15, 0.2) is 18.2 Å². The van der Waals surface area contributed by atoms with Crippen LogP contribution in [0, 0.1) is 10.1 Å². The molecule has 21 heavy (non-hydrogen) atoms. The van der Waals surface area contributed by atoms with Crippen LogP contribution in [-0.4, -0.2) is 34.9 Å². The van der Waals surface area contributed by atoms with Gasteiger partial charge in [0.05, 0.1) is 4.92 Å². The normalized spacial score (nSPS) is 11.0. The standard InChI is InChI=1S/C14H21N3O3S/c1-5-15-11-7-6-10(8-12(11)17(19)20)13(18)16-9-14(2,3)21-4/h6-8,15H,5,9H2,1-4H3,(H,16,18). The molecular formula is C14H21N3O3S. The van der Waals surface area contributed by atoms with Crippen molar-refractivity contribution < 1.29 is 9.72 Å². The molecule has 0 saturated heterocycles. The van der Waals surface area contributed by atoms with Gasteiger partial charge >= 0.3 is 0 Å². The molecule has 0 bridgehead atoms. The monoisotopic (exact) mass is 311 g/mol. The number of nitrogens with one attached hydrogen (secondary N) is 2. The van der Waals surface area contributed by atoms with E-state index in [1.54, 1.807) is 23.9 Å². The van der Waals surface area contributed by atoms with Crippen molar-refractivity contribution in [1.82, 2.24) is 5.32 Å². The van der Waals surface area contributed by atoms with Gasteiger partial charge in [0.1, 0.15) is 5.69 Å². The minimum atomic E-state index is -0.486. The number of anilines is 1. The maximum absolute atomic E-state index is 12.1. The zero-order valence-corrected chi connectivity index (χ0v) is 13.5. The average Bonchev–Trinajstić information content (AvgIpc) is 2.45. The van der Waals surface area contributed by atoms with Gasteiger partial charge in [-0.3, -0.25) is 14.9 Å². The van der Waals surface area contributed by atoms with Crippen LogP contribution >= 0.6 is 11.8 Å². The van der Waals surface area contributed by atoms with Gasteiger partial charge in [-0.05, 0) is 39.2 Å². The molecule has 0 heterocycles. The molecule has 1 aromatic rings. The maximum Gasteiger partial charge on any atom is 0.293 e. The highest BCUT2D eigenvalue weighted by atomic mass is 32.2. The molecule has 0 fully saturated rings. The number of carbonyl (C=O) groups excluding carboxylic acids is 1. The number of benzene rings is 1. The number of rotatable bonds is 7. The average molecular weight is 311 g/mol. The van der Waals surface area contributed by atoms with Gasteiger partial charge in [0.2, 0.25) is 0 Å². The van der Waals surface area contributed by atoms with Crippen LogP contribution in [0.4, 0.5) is 11.4 Å². The second-order valence-electron chi connectivity index (χ2n) is 5.17. The first-order valence-electron chi connectivity index (χ1n) is 6.66. The number of hydrogen-bond acceptors (Lipinski definition) is 5. The van der Waals surface area contributed by atoms with Gasteiger partial charge in [-0.25, -0.2) is 0 Å². The van der Waals surface area contributed by atoms with E-state index < -0.39 is 4.92 Å². The Kier molecular flexibility index (Phi) is 6.02. The van der Waals surface area contributed by atoms with Gasteiger partial charge in [-0.1, -0.05) is 0 Å². The topological polar surface area (TPSA) is 84.3 Å². The highest BCUT2D eigenvalue weighted by molar-refractivity contribution is 7.99. The molecule has 0 atom stereocenters. The van der Waals surface area contributed by atoms with Crippen LogP contribution in [-0.2, 0) is 0 Å². The Morgan fingerprint density at radius 2 is 2.10 bits per heavy atom. The molecule has 0 radical (unpaired) electrons. The molecule has 0 aliphatic carbocycles. The first-order chi connectivity index (χ1) is 9.80. The smallest absolute Gasteiger partial charge is 0.293 e. The Morgan fingerprint density at radius 1 is 1.43 bits per heavy atom. The lowest BCUT2D eigenvalue weighted by Crippen LogP contribution is -2.36. The summed E-state index contributed by atoms with van der Waals surface area (Å²) in [4.78, 5) is 22.7. The van der Waals surface area contributed by atoms with E-state index >= 15 is 0 Å². The second-order valence-corrected chi connectivity index (χ2v) is 6.68.